The quantitative estimate of drug-likeness (QED) is 0.720. The van der Waals surface area contributed by atoms with E-state index in [2.05, 4.69) is 0 Å². The van der Waals surface area contributed by atoms with Crippen LogP contribution in [0, 0.1) is 13.8 Å². The van der Waals surface area contributed by atoms with Gasteiger partial charge in [-0.15, -0.1) is 0 Å². The smallest absolute Gasteiger partial charge is 0.337 e. The Morgan fingerprint density at radius 2 is 1.78 bits per heavy atom. The Bertz CT molecular complexity index is 995. The van der Waals surface area contributed by atoms with E-state index in [1.807, 2.05) is 82.8 Å². The fraction of sp³-hybridized carbons (Fsp3) is 0.364. The number of benzene rings is 1. The molecular formula is C22H26N2O3. The van der Waals surface area contributed by atoms with Crippen molar-refractivity contribution < 1.29 is 14.6 Å². The molecule has 1 atom stereocenters. The third-order valence-corrected chi connectivity index (χ3v) is 4.54. The highest BCUT2D eigenvalue weighted by Crippen LogP contribution is 2.39. The van der Waals surface area contributed by atoms with E-state index in [9.17, 15) is 9.90 Å². The van der Waals surface area contributed by atoms with Gasteiger partial charge in [0.1, 0.15) is 5.65 Å². The second kappa shape index (κ2) is 6.82. The Morgan fingerprint density at radius 1 is 1.15 bits per heavy atom. The second-order valence-corrected chi connectivity index (χ2v) is 7.96. The van der Waals surface area contributed by atoms with Gasteiger partial charge in [0.05, 0.1) is 5.60 Å². The second-order valence-electron chi connectivity index (χ2n) is 7.96. The summed E-state index contributed by atoms with van der Waals surface area (Å²) in [4.78, 5) is 16.8. The molecule has 142 valence electrons. The number of carboxylic acids is 1. The van der Waals surface area contributed by atoms with Crippen molar-refractivity contribution in [3.05, 3.63) is 53.3 Å². The summed E-state index contributed by atoms with van der Waals surface area (Å²) < 4.78 is 7.91. The van der Waals surface area contributed by atoms with Crippen LogP contribution < -0.4 is 0 Å². The van der Waals surface area contributed by atoms with Crippen LogP contribution in [0.15, 0.2) is 36.5 Å². The van der Waals surface area contributed by atoms with E-state index in [0.717, 1.165) is 27.7 Å². The molecule has 1 N–H and O–H groups in total. The van der Waals surface area contributed by atoms with Crippen molar-refractivity contribution in [2.24, 2.45) is 7.05 Å². The van der Waals surface area contributed by atoms with E-state index >= 15 is 0 Å². The minimum atomic E-state index is -1.10. The summed E-state index contributed by atoms with van der Waals surface area (Å²) >= 11 is 0. The van der Waals surface area contributed by atoms with Crippen molar-refractivity contribution in [1.29, 1.82) is 0 Å². The molecular weight excluding hydrogens is 340 g/mol. The van der Waals surface area contributed by atoms with E-state index in [-0.39, 0.29) is 0 Å². The third-order valence-electron chi connectivity index (χ3n) is 4.54. The molecule has 0 bridgehead atoms. The summed E-state index contributed by atoms with van der Waals surface area (Å²) in [7, 11) is 1.94. The highest BCUT2D eigenvalue weighted by Gasteiger charge is 2.32. The summed E-state index contributed by atoms with van der Waals surface area (Å²) in [5.41, 5.74) is 4.47. The SMILES string of the molecule is Cc1ccc(-c2c([C@H](OC(C)(C)C)C(=O)O)c(C)nc3c2ccn3C)cc1. The van der Waals surface area contributed by atoms with Crippen LogP contribution in [-0.2, 0) is 16.6 Å². The monoisotopic (exact) mass is 366 g/mol. The van der Waals surface area contributed by atoms with Crippen molar-refractivity contribution >= 4 is 17.0 Å². The summed E-state index contributed by atoms with van der Waals surface area (Å²) in [6, 6.07) is 10.1. The van der Waals surface area contributed by atoms with E-state index in [1.165, 1.54) is 0 Å². The molecule has 5 nitrogen and oxygen atoms in total. The number of aryl methyl sites for hydroxylation is 3. The zero-order chi connectivity index (χ0) is 19.9. The first-order valence-corrected chi connectivity index (χ1v) is 9.01. The Balaban J connectivity index is 2.37. The van der Waals surface area contributed by atoms with E-state index < -0.39 is 17.7 Å². The Hall–Kier alpha value is -2.66. The molecule has 0 unspecified atom stereocenters. The molecule has 0 radical (unpaired) electrons. The first kappa shape index (κ1) is 19.1. The molecule has 5 heteroatoms. The molecule has 0 saturated heterocycles. The highest BCUT2D eigenvalue weighted by atomic mass is 16.5. The molecule has 1 aromatic carbocycles. The molecule has 0 amide bonds. The van der Waals surface area contributed by atoms with Gasteiger partial charge in [-0.25, -0.2) is 9.78 Å². The maximum absolute atomic E-state index is 12.2. The molecule has 0 aliphatic rings. The van der Waals surface area contributed by atoms with Crippen LogP contribution in [0.25, 0.3) is 22.2 Å². The van der Waals surface area contributed by atoms with Crippen molar-refractivity contribution in [3.8, 4) is 11.1 Å². The molecule has 2 heterocycles. The third kappa shape index (κ3) is 3.74. The van der Waals surface area contributed by atoms with Gasteiger partial charge in [-0.1, -0.05) is 29.8 Å². The van der Waals surface area contributed by atoms with Crippen LogP contribution in [0.2, 0.25) is 0 Å². The fourth-order valence-corrected chi connectivity index (χ4v) is 3.34. The number of nitrogens with zero attached hydrogens (tertiary/aromatic N) is 2. The maximum Gasteiger partial charge on any atom is 0.337 e. The largest absolute Gasteiger partial charge is 0.479 e. The number of carbonyl (C=O) groups is 1. The molecule has 27 heavy (non-hydrogen) atoms. The summed E-state index contributed by atoms with van der Waals surface area (Å²) in [6.07, 6.45) is 0.845. The minimum absolute atomic E-state index is 0.605. The van der Waals surface area contributed by atoms with Crippen LogP contribution >= 0.6 is 0 Å². The Morgan fingerprint density at radius 3 is 2.33 bits per heavy atom. The zero-order valence-electron chi connectivity index (χ0n) is 16.7. The molecule has 0 fully saturated rings. The van der Waals surface area contributed by atoms with Gasteiger partial charge in [-0.3, -0.25) is 0 Å². The van der Waals surface area contributed by atoms with Gasteiger partial charge in [0.2, 0.25) is 0 Å². The summed E-state index contributed by atoms with van der Waals surface area (Å²) in [6.45, 7) is 9.46. The normalized spacial score (nSPS) is 13.1. The number of pyridine rings is 1. The lowest BCUT2D eigenvalue weighted by molar-refractivity contribution is -0.160. The first-order valence-electron chi connectivity index (χ1n) is 9.01. The van der Waals surface area contributed by atoms with Gasteiger partial charge >= 0.3 is 5.97 Å². The predicted molar refractivity (Wildman–Crippen MR) is 107 cm³/mol. The number of fused-ring (bicyclic) bond motifs is 1. The number of hydrogen-bond acceptors (Lipinski definition) is 3. The van der Waals surface area contributed by atoms with Crippen molar-refractivity contribution in [1.82, 2.24) is 9.55 Å². The van der Waals surface area contributed by atoms with Crippen LogP contribution in [0.4, 0.5) is 0 Å². The van der Waals surface area contributed by atoms with Crippen molar-refractivity contribution in [2.45, 2.75) is 46.3 Å². The van der Waals surface area contributed by atoms with E-state index in [1.54, 1.807) is 0 Å². The van der Waals surface area contributed by atoms with Gasteiger partial charge < -0.3 is 14.4 Å². The summed E-state index contributed by atoms with van der Waals surface area (Å²) in [5.74, 6) is -1.02. The fourth-order valence-electron chi connectivity index (χ4n) is 3.34. The maximum atomic E-state index is 12.2. The van der Waals surface area contributed by atoms with Gasteiger partial charge in [-0.05, 0) is 46.2 Å². The number of aromatic nitrogens is 2. The molecule has 0 aliphatic carbocycles. The summed E-state index contributed by atoms with van der Waals surface area (Å²) in [5, 5.41) is 10.9. The van der Waals surface area contributed by atoms with Crippen LogP contribution in [0.1, 0.15) is 43.7 Å². The molecule has 0 spiro atoms. The van der Waals surface area contributed by atoms with Crippen LogP contribution in [0.3, 0.4) is 0 Å². The van der Waals surface area contributed by atoms with Gasteiger partial charge in [0.15, 0.2) is 6.10 Å². The lowest BCUT2D eigenvalue weighted by atomic mass is 9.92. The molecule has 3 rings (SSSR count). The van der Waals surface area contributed by atoms with Crippen molar-refractivity contribution in [3.63, 3.8) is 0 Å². The number of hydrogen-bond donors (Lipinski definition) is 1. The predicted octanol–water partition coefficient (Wildman–Crippen LogP) is 4.80. The van der Waals surface area contributed by atoms with Crippen LogP contribution in [-0.4, -0.2) is 26.2 Å². The standard InChI is InChI=1S/C22H26N2O3/c1-13-7-9-15(10-8-13)18-16-11-12-24(6)20(16)23-14(2)17(18)19(21(25)26)27-22(3,4)5/h7-12,19H,1-6H3,(H,25,26)/t19-/m0/s1. The number of carboxylic acid groups (broad SMARTS) is 1. The minimum Gasteiger partial charge on any atom is -0.479 e. The lowest BCUT2D eigenvalue weighted by Gasteiger charge is -2.27. The number of ether oxygens (including phenoxy) is 1. The van der Waals surface area contributed by atoms with Gasteiger partial charge in [0, 0.05) is 35.5 Å². The number of rotatable bonds is 4. The van der Waals surface area contributed by atoms with Gasteiger partial charge in [0.25, 0.3) is 0 Å². The Kier molecular flexibility index (Phi) is 4.82. The molecule has 0 saturated carbocycles. The topological polar surface area (TPSA) is 64.3 Å². The average molecular weight is 366 g/mol. The van der Waals surface area contributed by atoms with E-state index in [0.29, 0.717) is 11.3 Å². The molecule has 2 aromatic heterocycles. The zero-order valence-corrected chi connectivity index (χ0v) is 16.7. The Labute approximate surface area is 159 Å². The van der Waals surface area contributed by atoms with Crippen LogP contribution in [0.5, 0.6) is 0 Å². The first-order chi connectivity index (χ1) is 12.6. The molecule has 0 aliphatic heterocycles. The van der Waals surface area contributed by atoms with Crippen molar-refractivity contribution in [2.75, 3.05) is 0 Å². The molecule has 3 aromatic rings. The highest BCUT2D eigenvalue weighted by molar-refractivity contribution is 5.97. The average Bonchev–Trinajstić information content (AvgIpc) is 2.92. The lowest BCUT2D eigenvalue weighted by Crippen LogP contribution is -2.28. The number of aliphatic carboxylic acids is 1. The van der Waals surface area contributed by atoms with Gasteiger partial charge in [-0.2, -0.15) is 0 Å². The van der Waals surface area contributed by atoms with E-state index in [4.69, 9.17) is 9.72 Å².